The number of hydrogen-bond acceptors (Lipinski definition) is 1. The van der Waals surface area contributed by atoms with E-state index in [0.717, 1.165) is 12.0 Å². The lowest BCUT2D eigenvalue weighted by atomic mass is 9.92. The fourth-order valence-corrected chi connectivity index (χ4v) is 1.78. The molecule has 0 amide bonds. The molecule has 1 fully saturated rings. The van der Waals surface area contributed by atoms with Crippen LogP contribution >= 0.6 is 0 Å². The Morgan fingerprint density at radius 1 is 1.31 bits per heavy atom. The summed E-state index contributed by atoms with van der Waals surface area (Å²) in [5.41, 5.74) is 0.481. The van der Waals surface area contributed by atoms with Crippen molar-refractivity contribution >= 4 is 0 Å². The van der Waals surface area contributed by atoms with Gasteiger partial charge in [-0.2, -0.15) is 0 Å². The first-order valence-corrected chi connectivity index (χ1v) is 5.76. The Hall–Kier alpha value is -0.0400. The van der Waals surface area contributed by atoms with E-state index in [-0.39, 0.29) is 0 Å². The van der Waals surface area contributed by atoms with Crippen LogP contribution in [0, 0.1) is 11.3 Å². The normalized spacial score (nSPS) is 20.3. The van der Waals surface area contributed by atoms with Crippen LogP contribution in [0.25, 0.3) is 0 Å². The third-order valence-corrected chi connectivity index (χ3v) is 2.91. The van der Waals surface area contributed by atoms with Gasteiger partial charge in [-0.3, -0.25) is 0 Å². The second-order valence-corrected chi connectivity index (χ2v) is 5.62. The summed E-state index contributed by atoms with van der Waals surface area (Å²) < 4.78 is 0. The van der Waals surface area contributed by atoms with Gasteiger partial charge < -0.3 is 5.32 Å². The summed E-state index contributed by atoms with van der Waals surface area (Å²) >= 11 is 0. The molecule has 0 radical (unpaired) electrons. The van der Waals surface area contributed by atoms with Gasteiger partial charge in [-0.05, 0) is 43.6 Å². The Balaban J connectivity index is 2.09. The molecule has 1 saturated carbocycles. The summed E-state index contributed by atoms with van der Waals surface area (Å²) in [4.78, 5) is 0. The zero-order chi connectivity index (χ0) is 9.90. The largest absolute Gasteiger partial charge is 0.314 e. The Morgan fingerprint density at radius 2 is 1.92 bits per heavy atom. The molecule has 1 heteroatoms. The molecule has 0 aromatic heterocycles. The topological polar surface area (TPSA) is 12.0 Å². The van der Waals surface area contributed by atoms with Crippen LogP contribution in [0.15, 0.2) is 0 Å². The molecule has 0 aromatic carbocycles. The molecular formula is C12H25N. The maximum absolute atomic E-state index is 3.69. The molecule has 13 heavy (non-hydrogen) atoms. The lowest BCUT2D eigenvalue weighted by molar-refractivity contribution is 0.342. The fourth-order valence-electron chi connectivity index (χ4n) is 1.78. The van der Waals surface area contributed by atoms with Gasteiger partial charge in [-0.1, -0.05) is 27.7 Å². The molecule has 1 aliphatic carbocycles. The lowest BCUT2D eigenvalue weighted by Crippen LogP contribution is -2.32. The predicted octanol–water partition coefficient (Wildman–Crippen LogP) is 3.20. The summed E-state index contributed by atoms with van der Waals surface area (Å²) in [5, 5.41) is 3.69. The molecule has 1 aliphatic rings. The molecule has 0 aromatic rings. The first-order valence-electron chi connectivity index (χ1n) is 5.76. The van der Waals surface area contributed by atoms with E-state index in [1.54, 1.807) is 0 Å². The predicted molar refractivity (Wildman–Crippen MR) is 58.9 cm³/mol. The monoisotopic (exact) mass is 183 g/mol. The second kappa shape index (κ2) is 4.45. The second-order valence-electron chi connectivity index (χ2n) is 5.62. The van der Waals surface area contributed by atoms with Crippen molar-refractivity contribution in [1.82, 2.24) is 5.32 Å². The Morgan fingerprint density at radius 3 is 2.31 bits per heavy atom. The standard InChI is InChI=1S/C12H25N/c1-5-11(10-6-7-10)13-9-8-12(2,3)4/h10-11,13H,5-9H2,1-4H3. The quantitative estimate of drug-likeness (QED) is 0.690. The Bertz CT molecular complexity index is 142. The molecule has 0 saturated heterocycles. The van der Waals surface area contributed by atoms with E-state index >= 15 is 0 Å². The molecule has 0 bridgehead atoms. The maximum atomic E-state index is 3.69. The molecule has 0 heterocycles. The number of nitrogens with one attached hydrogen (secondary N) is 1. The highest BCUT2D eigenvalue weighted by atomic mass is 14.9. The van der Waals surface area contributed by atoms with E-state index in [1.807, 2.05) is 0 Å². The SMILES string of the molecule is CCC(NCCC(C)(C)C)C1CC1. The molecule has 1 nitrogen and oxygen atoms in total. The van der Waals surface area contributed by atoms with Crippen molar-refractivity contribution in [1.29, 1.82) is 0 Å². The smallest absolute Gasteiger partial charge is 0.00927 e. The first-order chi connectivity index (χ1) is 6.03. The third-order valence-electron chi connectivity index (χ3n) is 2.91. The van der Waals surface area contributed by atoms with Crippen molar-refractivity contribution in [2.45, 2.75) is 59.4 Å². The van der Waals surface area contributed by atoms with E-state index in [2.05, 4.69) is 33.0 Å². The van der Waals surface area contributed by atoms with Gasteiger partial charge in [0.1, 0.15) is 0 Å². The van der Waals surface area contributed by atoms with Gasteiger partial charge >= 0.3 is 0 Å². The van der Waals surface area contributed by atoms with E-state index < -0.39 is 0 Å². The molecule has 78 valence electrons. The minimum absolute atomic E-state index is 0.481. The molecule has 1 unspecified atom stereocenters. The Kier molecular flexibility index (Phi) is 3.78. The highest BCUT2D eigenvalue weighted by molar-refractivity contribution is 4.85. The molecular weight excluding hydrogens is 158 g/mol. The maximum Gasteiger partial charge on any atom is 0.00927 e. The van der Waals surface area contributed by atoms with Gasteiger partial charge in [0.25, 0.3) is 0 Å². The fraction of sp³-hybridized carbons (Fsp3) is 1.00. The van der Waals surface area contributed by atoms with Crippen molar-refractivity contribution in [3.05, 3.63) is 0 Å². The van der Waals surface area contributed by atoms with Crippen LogP contribution in [0.3, 0.4) is 0 Å². The van der Waals surface area contributed by atoms with Crippen molar-refractivity contribution in [2.75, 3.05) is 6.54 Å². The zero-order valence-corrected chi connectivity index (χ0v) is 9.69. The summed E-state index contributed by atoms with van der Waals surface area (Å²) in [7, 11) is 0. The summed E-state index contributed by atoms with van der Waals surface area (Å²) in [5.74, 6) is 1.00. The summed E-state index contributed by atoms with van der Waals surface area (Å²) in [6.07, 6.45) is 5.51. The van der Waals surface area contributed by atoms with Crippen LogP contribution in [-0.4, -0.2) is 12.6 Å². The van der Waals surface area contributed by atoms with Gasteiger partial charge in [0.2, 0.25) is 0 Å². The van der Waals surface area contributed by atoms with Gasteiger partial charge in [0, 0.05) is 6.04 Å². The van der Waals surface area contributed by atoms with Crippen molar-refractivity contribution in [3.8, 4) is 0 Å². The van der Waals surface area contributed by atoms with Crippen LogP contribution in [0.1, 0.15) is 53.4 Å². The van der Waals surface area contributed by atoms with Crippen LogP contribution in [0.2, 0.25) is 0 Å². The van der Waals surface area contributed by atoms with Crippen molar-refractivity contribution < 1.29 is 0 Å². The Labute approximate surface area is 83.3 Å². The van der Waals surface area contributed by atoms with Crippen LogP contribution in [0.4, 0.5) is 0 Å². The van der Waals surface area contributed by atoms with E-state index in [9.17, 15) is 0 Å². The van der Waals surface area contributed by atoms with Crippen molar-refractivity contribution in [2.24, 2.45) is 11.3 Å². The number of hydrogen-bond donors (Lipinski definition) is 1. The van der Waals surface area contributed by atoms with E-state index in [4.69, 9.17) is 0 Å². The number of rotatable bonds is 5. The van der Waals surface area contributed by atoms with Crippen LogP contribution in [-0.2, 0) is 0 Å². The third kappa shape index (κ3) is 4.66. The van der Waals surface area contributed by atoms with Gasteiger partial charge in [0.05, 0.1) is 0 Å². The van der Waals surface area contributed by atoms with Crippen molar-refractivity contribution in [3.63, 3.8) is 0 Å². The molecule has 1 atom stereocenters. The van der Waals surface area contributed by atoms with Gasteiger partial charge in [0.15, 0.2) is 0 Å². The highest BCUT2D eigenvalue weighted by Gasteiger charge is 2.29. The van der Waals surface area contributed by atoms with E-state index in [1.165, 1.54) is 32.2 Å². The minimum Gasteiger partial charge on any atom is -0.314 e. The first kappa shape index (κ1) is 11.0. The minimum atomic E-state index is 0.481. The molecule has 0 aliphatic heterocycles. The lowest BCUT2D eigenvalue weighted by Gasteiger charge is -2.21. The van der Waals surface area contributed by atoms with Gasteiger partial charge in [-0.15, -0.1) is 0 Å². The van der Waals surface area contributed by atoms with E-state index in [0.29, 0.717) is 5.41 Å². The average molecular weight is 183 g/mol. The van der Waals surface area contributed by atoms with Gasteiger partial charge in [-0.25, -0.2) is 0 Å². The molecule has 1 rings (SSSR count). The average Bonchev–Trinajstić information content (AvgIpc) is 2.78. The summed E-state index contributed by atoms with van der Waals surface area (Å²) in [6.45, 7) is 10.4. The molecule has 0 spiro atoms. The zero-order valence-electron chi connectivity index (χ0n) is 9.69. The highest BCUT2D eigenvalue weighted by Crippen LogP contribution is 2.34. The summed E-state index contributed by atoms with van der Waals surface area (Å²) in [6, 6.07) is 0.808. The van der Waals surface area contributed by atoms with Crippen LogP contribution < -0.4 is 5.32 Å². The molecule has 1 N–H and O–H groups in total. The van der Waals surface area contributed by atoms with Crippen LogP contribution in [0.5, 0.6) is 0 Å².